The Morgan fingerprint density at radius 2 is 1.83 bits per heavy atom. The Hall–Kier alpha value is -1.60. The van der Waals surface area contributed by atoms with Crippen LogP contribution in [0.5, 0.6) is 0 Å². The molecular formula is C22H29F3N2O2. The Balaban J connectivity index is 1.35. The number of likely N-dealkylation sites (tertiary alicyclic amines) is 2. The lowest BCUT2D eigenvalue weighted by Gasteiger charge is -2.31. The zero-order chi connectivity index (χ0) is 20.6. The summed E-state index contributed by atoms with van der Waals surface area (Å²) in [4.78, 5) is 17.4. The Bertz CT molecular complexity index is 746. The zero-order valence-electron chi connectivity index (χ0n) is 16.9. The van der Waals surface area contributed by atoms with Crippen LogP contribution >= 0.6 is 0 Å². The Morgan fingerprint density at radius 3 is 2.52 bits per heavy atom. The highest BCUT2D eigenvalue weighted by Gasteiger charge is 2.38. The number of ether oxygens (including phenoxy) is 1. The molecule has 0 saturated carbocycles. The van der Waals surface area contributed by atoms with E-state index in [0.29, 0.717) is 24.7 Å². The van der Waals surface area contributed by atoms with Gasteiger partial charge in [-0.1, -0.05) is 6.07 Å². The molecular weight excluding hydrogens is 381 g/mol. The van der Waals surface area contributed by atoms with Crippen LogP contribution in [0.15, 0.2) is 18.2 Å². The largest absolute Gasteiger partial charge is 0.416 e. The lowest BCUT2D eigenvalue weighted by molar-refractivity contribution is -0.137. The van der Waals surface area contributed by atoms with E-state index in [0.717, 1.165) is 63.6 Å². The summed E-state index contributed by atoms with van der Waals surface area (Å²) in [5.41, 5.74) is 0.984. The molecule has 3 heterocycles. The first kappa shape index (κ1) is 20.7. The van der Waals surface area contributed by atoms with Gasteiger partial charge in [0.2, 0.25) is 5.91 Å². The SMILES string of the molecule is Cc1cc(C(F)(F)F)ccc1C1CCN(C(=O)C2CCN(C3CCOCC3)C2)C1. The lowest BCUT2D eigenvalue weighted by atomic mass is 9.92. The van der Waals surface area contributed by atoms with Crippen molar-refractivity contribution in [2.75, 3.05) is 39.4 Å². The quantitative estimate of drug-likeness (QED) is 0.759. The van der Waals surface area contributed by atoms with E-state index < -0.39 is 11.7 Å². The number of nitrogens with zero attached hydrogens (tertiary/aromatic N) is 2. The fourth-order valence-corrected chi connectivity index (χ4v) is 5.15. The molecule has 2 atom stereocenters. The highest BCUT2D eigenvalue weighted by Crippen LogP contribution is 2.35. The molecule has 0 aromatic heterocycles. The molecule has 1 aromatic rings. The van der Waals surface area contributed by atoms with Crippen molar-refractivity contribution < 1.29 is 22.7 Å². The fourth-order valence-electron chi connectivity index (χ4n) is 5.15. The summed E-state index contributed by atoms with van der Waals surface area (Å²) in [6.45, 7) is 6.44. The minimum absolute atomic E-state index is 0.0466. The van der Waals surface area contributed by atoms with Crippen LogP contribution in [0.4, 0.5) is 13.2 Å². The average molecular weight is 410 g/mol. The van der Waals surface area contributed by atoms with E-state index in [-0.39, 0.29) is 17.7 Å². The standard InChI is InChI=1S/C22H29F3N2O2/c1-15-12-18(22(23,24)25)2-3-20(15)16-4-9-27(13-16)21(28)17-5-8-26(14-17)19-6-10-29-11-7-19/h2-3,12,16-17,19H,4-11,13-14H2,1H3. The number of carbonyl (C=O) groups excluding carboxylic acids is 1. The number of amides is 1. The second kappa shape index (κ2) is 8.26. The van der Waals surface area contributed by atoms with Gasteiger partial charge in [0.15, 0.2) is 0 Å². The molecule has 3 fully saturated rings. The number of alkyl halides is 3. The highest BCUT2D eigenvalue weighted by atomic mass is 19.4. The van der Waals surface area contributed by atoms with Crippen molar-refractivity contribution in [3.63, 3.8) is 0 Å². The van der Waals surface area contributed by atoms with Gasteiger partial charge in [-0.2, -0.15) is 13.2 Å². The van der Waals surface area contributed by atoms with Crippen molar-refractivity contribution in [1.29, 1.82) is 0 Å². The van der Waals surface area contributed by atoms with Gasteiger partial charge < -0.3 is 9.64 Å². The summed E-state index contributed by atoms with van der Waals surface area (Å²) in [6.07, 6.45) is -0.523. The van der Waals surface area contributed by atoms with Gasteiger partial charge in [-0.3, -0.25) is 9.69 Å². The molecule has 29 heavy (non-hydrogen) atoms. The molecule has 1 aromatic carbocycles. The Kier molecular flexibility index (Phi) is 5.89. The first-order valence-corrected chi connectivity index (χ1v) is 10.6. The van der Waals surface area contributed by atoms with Gasteiger partial charge in [0.05, 0.1) is 11.5 Å². The van der Waals surface area contributed by atoms with E-state index in [1.807, 2.05) is 4.90 Å². The van der Waals surface area contributed by atoms with Gasteiger partial charge in [-0.25, -0.2) is 0 Å². The molecule has 4 nitrogen and oxygen atoms in total. The van der Waals surface area contributed by atoms with E-state index in [9.17, 15) is 18.0 Å². The normalized spacial score (nSPS) is 27.0. The molecule has 7 heteroatoms. The van der Waals surface area contributed by atoms with Crippen LogP contribution in [-0.2, 0) is 15.7 Å². The number of rotatable bonds is 3. The van der Waals surface area contributed by atoms with Crippen LogP contribution in [0.1, 0.15) is 48.3 Å². The predicted octanol–water partition coefficient (Wildman–Crippen LogP) is 3.83. The van der Waals surface area contributed by atoms with Gasteiger partial charge in [0.25, 0.3) is 0 Å². The molecule has 2 unspecified atom stereocenters. The van der Waals surface area contributed by atoms with Gasteiger partial charge in [-0.15, -0.1) is 0 Å². The number of hydrogen-bond donors (Lipinski definition) is 0. The van der Waals surface area contributed by atoms with Crippen molar-refractivity contribution in [3.05, 3.63) is 34.9 Å². The number of aryl methyl sites for hydroxylation is 1. The first-order valence-electron chi connectivity index (χ1n) is 10.6. The van der Waals surface area contributed by atoms with E-state index in [1.54, 1.807) is 13.0 Å². The predicted molar refractivity (Wildman–Crippen MR) is 104 cm³/mol. The number of hydrogen-bond acceptors (Lipinski definition) is 3. The van der Waals surface area contributed by atoms with Crippen molar-refractivity contribution in [3.8, 4) is 0 Å². The minimum atomic E-state index is -4.32. The molecule has 0 radical (unpaired) electrons. The van der Waals surface area contributed by atoms with E-state index in [2.05, 4.69) is 4.90 Å². The average Bonchev–Trinajstić information content (AvgIpc) is 3.37. The van der Waals surface area contributed by atoms with Crippen LogP contribution in [-0.4, -0.2) is 61.1 Å². The molecule has 3 aliphatic heterocycles. The maximum absolute atomic E-state index is 13.0. The third kappa shape index (κ3) is 4.45. The first-order chi connectivity index (χ1) is 13.8. The molecule has 0 N–H and O–H groups in total. The number of carbonyl (C=O) groups is 1. The van der Waals surface area contributed by atoms with E-state index in [4.69, 9.17) is 4.74 Å². The molecule has 1 amide bonds. The van der Waals surface area contributed by atoms with Gasteiger partial charge in [-0.05, 0) is 62.4 Å². The zero-order valence-corrected chi connectivity index (χ0v) is 16.9. The van der Waals surface area contributed by atoms with Crippen molar-refractivity contribution in [1.82, 2.24) is 9.80 Å². The van der Waals surface area contributed by atoms with E-state index >= 15 is 0 Å². The number of halogens is 3. The summed E-state index contributed by atoms with van der Waals surface area (Å²) in [6, 6.07) is 4.51. The Labute approximate surface area is 170 Å². The van der Waals surface area contributed by atoms with Crippen molar-refractivity contribution in [2.45, 2.75) is 50.7 Å². The Morgan fingerprint density at radius 1 is 1.07 bits per heavy atom. The molecule has 0 bridgehead atoms. The van der Waals surface area contributed by atoms with Crippen molar-refractivity contribution in [2.24, 2.45) is 5.92 Å². The summed E-state index contributed by atoms with van der Waals surface area (Å²) in [7, 11) is 0. The molecule has 4 rings (SSSR count). The summed E-state index contributed by atoms with van der Waals surface area (Å²) >= 11 is 0. The second-order valence-electron chi connectivity index (χ2n) is 8.66. The molecule has 0 spiro atoms. The van der Waals surface area contributed by atoms with Crippen LogP contribution in [0.25, 0.3) is 0 Å². The summed E-state index contributed by atoms with van der Waals surface area (Å²) in [5.74, 6) is 0.381. The second-order valence-corrected chi connectivity index (χ2v) is 8.66. The van der Waals surface area contributed by atoms with Gasteiger partial charge in [0.1, 0.15) is 0 Å². The van der Waals surface area contributed by atoms with E-state index in [1.165, 1.54) is 6.07 Å². The topological polar surface area (TPSA) is 32.8 Å². The molecule has 3 saturated heterocycles. The van der Waals surface area contributed by atoms with Crippen LogP contribution in [0.3, 0.4) is 0 Å². The van der Waals surface area contributed by atoms with Gasteiger partial charge in [0, 0.05) is 44.8 Å². The summed E-state index contributed by atoms with van der Waals surface area (Å²) < 4.78 is 44.2. The molecule has 0 aliphatic carbocycles. The molecule has 160 valence electrons. The third-order valence-electron chi connectivity index (χ3n) is 6.81. The van der Waals surface area contributed by atoms with Crippen LogP contribution < -0.4 is 0 Å². The van der Waals surface area contributed by atoms with Crippen LogP contribution in [0.2, 0.25) is 0 Å². The minimum Gasteiger partial charge on any atom is -0.381 e. The van der Waals surface area contributed by atoms with Crippen LogP contribution in [0, 0.1) is 12.8 Å². The van der Waals surface area contributed by atoms with Gasteiger partial charge >= 0.3 is 6.18 Å². The highest BCUT2D eigenvalue weighted by molar-refractivity contribution is 5.79. The molecule has 3 aliphatic rings. The lowest BCUT2D eigenvalue weighted by Crippen LogP contribution is -2.40. The monoisotopic (exact) mass is 410 g/mol. The maximum Gasteiger partial charge on any atom is 0.416 e. The smallest absolute Gasteiger partial charge is 0.381 e. The fraction of sp³-hybridized carbons (Fsp3) is 0.682. The summed E-state index contributed by atoms with van der Waals surface area (Å²) in [5, 5.41) is 0. The maximum atomic E-state index is 13.0. The van der Waals surface area contributed by atoms with Crippen molar-refractivity contribution >= 4 is 5.91 Å². The number of benzene rings is 1. The third-order valence-corrected chi connectivity index (χ3v) is 6.81.